The number of aromatic nitrogens is 3. The van der Waals surface area contributed by atoms with Crippen LogP contribution in [0.4, 0.5) is 5.69 Å². The summed E-state index contributed by atoms with van der Waals surface area (Å²) in [7, 11) is 0. The van der Waals surface area contributed by atoms with E-state index < -0.39 is 0 Å². The lowest BCUT2D eigenvalue weighted by molar-refractivity contribution is -0.113. The summed E-state index contributed by atoms with van der Waals surface area (Å²) in [5.41, 5.74) is 4.05. The number of para-hydroxylation sites is 1. The molecule has 4 aromatic rings. The number of benzene rings is 3. The SMILES string of the molecule is Cc1cccc(NC(=O)CSc2nnc(Cc3ccccc3)n2-c2ccccc2)c1. The highest BCUT2D eigenvalue weighted by Crippen LogP contribution is 2.24. The highest BCUT2D eigenvalue weighted by Gasteiger charge is 2.16. The Hall–Kier alpha value is -3.38. The second kappa shape index (κ2) is 9.41. The Bertz CT molecular complexity index is 1130. The Labute approximate surface area is 180 Å². The van der Waals surface area contributed by atoms with Gasteiger partial charge in [-0.3, -0.25) is 9.36 Å². The average Bonchev–Trinajstić information content (AvgIpc) is 3.16. The Morgan fingerprint density at radius 2 is 1.67 bits per heavy atom. The monoisotopic (exact) mass is 414 g/mol. The fourth-order valence-corrected chi connectivity index (χ4v) is 3.94. The third-order valence-corrected chi connectivity index (χ3v) is 5.48. The molecule has 0 saturated carbocycles. The number of carbonyl (C=O) groups is 1. The molecule has 4 rings (SSSR count). The largest absolute Gasteiger partial charge is 0.325 e. The third-order valence-electron chi connectivity index (χ3n) is 4.55. The van der Waals surface area contributed by atoms with Crippen LogP contribution < -0.4 is 5.32 Å². The Morgan fingerprint density at radius 3 is 2.40 bits per heavy atom. The molecule has 5 nitrogen and oxygen atoms in total. The summed E-state index contributed by atoms with van der Waals surface area (Å²) >= 11 is 1.38. The number of nitrogens with zero attached hydrogens (tertiary/aromatic N) is 3. The topological polar surface area (TPSA) is 59.8 Å². The van der Waals surface area contributed by atoms with Crippen LogP contribution in [0.5, 0.6) is 0 Å². The number of carbonyl (C=O) groups excluding carboxylic acids is 1. The van der Waals surface area contributed by atoms with Gasteiger partial charge in [0, 0.05) is 17.8 Å². The highest BCUT2D eigenvalue weighted by molar-refractivity contribution is 7.99. The highest BCUT2D eigenvalue weighted by atomic mass is 32.2. The number of thioether (sulfide) groups is 1. The minimum Gasteiger partial charge on any atom is -0.325 e. The molecular weight excluding hydrogens is 392 g/mol. The van der Waals surface area contributed by atoms with Gasteiger partial charge in [0.15, 0.2) is 5.16 Å². The van der Waals surface area contributed by atoms with E-state index in [-0.39, 0.29) is 11.7 Å². The molecule has 0 spiro atoms. The summed E-state index contributed by atoms with van der Waals surface area (Å²) < 4.78 is 2.03. The van der Waals surface area contributed by atoms with Crippen molar-refractivity contribution in [2.24, 2.45) is 0 Å². The molecule has 1 aromatic heterocycles. The predicted molar refractivity (Wildman–Crippen MR) is 121 cm³/mol. The third kappa shape index (κ3) is 4.96. The minimum absolute atomic E-state index is 0.0715. The zero-order chi connectivity index (χ0) is 20.8. The van der Waals surface area contributed by atoms with E-state index in [1.807, 2.05) is 84.3 Å². The first-order chi connectivity index (χ1) is 14.7. The quantitative estimate of drug-likeness (QED) is 0.437. The lowest BCUT2D eigenvalue weighted by Gasteiger charge is -2.10. The van der Waals surface area contributed by atoms with Gasteiger partial charge in [-0.2, -0.15) is 0 Å². The van der Waals surface area contributed by atoms with Crippen molar-refractivity contribution < 1.29 is 4.79 Å². The molecular formula is C24H22N4OS. The molecule has 0 fully saturated rings. The van der Waals surface area contributed by atoms with Crippen molar-refractivity contribution in [1.82, 2.24) is 14.8 Å². The molecule has 6 heteroatoms. The van der Waals surface area contributed by atoms with Crippen LogP contribution in [0, 0.1) is 6.92 Å². The van der Waals surface area contributed by atoms with E-state index in [0.29, 0.717) is 11.6 Å². The molecule has 3 aromatic carbocycles. The van der Waals surface area contributed by atoms with E-state index in [1.54, 1.807) is 0 Å². The molecule has 1 amide bonds. The van der Waals surface area contributed by atoms with Gasteiger partial charge in [0.05, 0.1) is 5.75 Å². The molecule has 0 aliphatic rings. The number of amides is 1. The number of aryl methyl sites for hydroxylation is 1. The molecule has 150 valence electrons. The van der Waals surface area contributed by atoms with Crippen molar-refractivity contribution >= 4 is 23.4 Å². The van der Waals surface area contributed by atoms with Gasteiger partial charge in [-0.15, -0.1) is 10.2 Å². The summed E-state index contributed by atoms with van der Waals surface area (Å²) in [6.45, 7) is 2.00. The molecule has 0 atom stereocenters. The maximum atomic E-state index is 12.5. The molecule has 0 bridgehead atoms. The Morgan fingerprint density at radius 1 is 0.933 bits per heavy atom. The fraction of sp³-hybridized carbons (Fsp3) is 0.125. The van der Waals surface area contributed by atoms with E-state index in [2.05, 4.69) is 27.6 Å². The van der Waals surface area contributed by atoms with Crippen LogP contribution in [0.15, 0.2) is 90.1 Å². The maximum absolute atomic E-state index is 12.5. The molecule has 0 aliphatic heterocycles. The van der Waals surface area contributed by atoms with Gasteiger partial charge in [-0.05, 0) is 42.3 Å². The van der Waals surface area contributed by atoms with Crippen molar-refractivity contribution in [1.29, 1.82) is 0 Å². The second-order valence-corrected chi connectivity index (χ2v) is 7.88. The maximum Gasteiger partial charge on any atom is 0.234 e. The fourth-order valence-electron chi connectivity index (χ4n) is 3.17. The summed E-state index contributed by atoms with van der Waals surface area (Å²) in [4.78, 5) is 12.5. The van der Waals surface area contributed by atoms with Crippen molar-refractivity contribution in [3.05, 3.63) is 102 Å². The van der Waals surface area contributed by atoms with Gasteiger partial charge < -0.3 is 5.32 Å². The van der Waals surface area contributed by atoms with E-state index in [0.717, 1.165) is 28.3 Å². The minimum atomic E-state index is -0.0715. The van der Waals surface area contributed by atoms with Crippen molar-refractivity contribution in [2.75, 3.05) is 11.1 Å². The average molecular weight is 415 g/mol. The van der Waals surface area contributed by atoms with E-state index in [9.17, 15) is 4.79 Å². The van der Waals surface area contributed by atoms with Crippen molar-refractivity contribution in [2.45, 2.75) is 18.5 Å². The molecule has 30 heavy (non-hydrogen) atoms. The van der Waals surface area contributed by atoms with Crippen LogP contribution >= 0.6 is 11.8 Å². The predicted octanol–water partition coefficient (Wildman–Crippen LogP) is 4.90. The number of hydrogen-bond acceptors (Lipinski definition) is 4. The lowest BCUT2D eigenvalue weighted by atomic mass is 10.1. The molecule has 0 saturated heterocycles. The summed E-state index contributed by atoms with van der Waals surface area (Å²) in [6, 6.07) is 28.0. The van der Waals surface area contributed by atoms with Crippen LogP contribution in [-0.2, 0) is 11.2 Å². The van der Waals surface area contributed by atoms with E-state index in [1.165, 1.54) is 11.8 Å². The number of hydrogen-bond donors (Lipinski definition) is 1. The number of anilines is 1. The van der Waals surface area contributed by atoms with Gasteiger partial charge in [0.25, 0.3) is 0 Å². The summed E-state index contributed by atoms with van der Waals surface area (Å²) in [5.74, 6) is 1.02. The Balaban J connectivity index is 1.53. The summed E-state index contributed by atoms with van der Waals surface area (Å²) in [5, 5.41) is 12.4. The van der Waals surface area contributed by atoms with Gasteiger partial charge in [0.1, 0.15) is 5.82 Å². The van der Waals surface area contributed by atoms with Crippen LogP contribution in [0.3, 0.4) is 0 Å². The van der Waals surface area contributed by atoms with Crippen LogP contribution in [-0.4, -0.2) is 26.4 Å². The van der Waals surface area contributed by atoms with Crippen molar-refractivity contribution in [3.63, 3.8) is 0 Å². The van der Waals surface area contributed by atoms with Crippen LogP contribution in [0.25, 0.3) is 5.69 Å². The number of rotatable bonds is 7. The molecule has 0 aliphatic carbocycles. The van der Waals surface area contributed by atoms with Gasteiger partial charge in [-0.1, -0.05) is 72.4 Å². The van der Waals surface area contributed by atoms with Crippen LogP contribution in [0.2, 0.25) is 0 Å². The molecule has 1 N–H and O–H groups in total. The van der Waals surface area contributed by atoms with E-state index >= 15 is 0 Å². The summed E-state index contributed by atoms with van der Waals surface area (Å²) in [6.07, 6.45) is 0.665. The number of nitrogens with one attached hydrogen (secondary N) is 1. The first-order valence-corrected chi connectivity index (χ1v) is 10.7. The zero-order valence-corrected chi connectivity index (χ0v) is 17.5. The second-order valence-electron chi connectivity index (χ2n) is 6.94. The van der Waals surface area contributed by atoms with E-state index in [4.69, 9.17) is 0 Å². The normalized spacial score (nSPS) is 10.7. The standard InChI is InChI=1S/C24H22N4OS/c1-18-9-8-12-20(15-18)25-23(29)17-30-24-27-26-22(16-19-10-4-2-5-11-19)28(24)21-13-6-3-7-14-21/h2-15H,16-17H2,1H3,(H,25,29). The zero-order valence-electron chi connectivity index (χ0n) is 16.7. The lowest BCUT2D eigenvalue weighted by Crippen LogP contribution is -2.14. The van der Waals surface area contributed by atoms with Crippen LogP contribution in [0.1, 0.15) is 17.0 Å². The van der Waals surface area contributed by atoms with Gasteiger partial charge in [-0.25, -0.2) is 0 Å². The molecule has 0 unspecified atom stereocenters. The molecule has 0 radical (unpaired) electrons. The molecule has 1 heterocycles. The smallest absolute Gasteiger partial charge is 0.234 e. The van der Waals surface area contributed by atoms with Gasteiger partial charge in [0.2, 0.25) is 5.91 Å². The van der Waals surface area contributed by atoms with Gasteiger partial charge >= 0.3 is 0 Å². The van der Waals surface area contributed by atoms with Crippen molar-refractivity contribution in [3.8, 4) is 5.69 Å². The first kappa shape index (κ1) is 19.9. The first-order valence-electron chi connectivity index (χ1n) is 9.72. The Kier molecular flexibility index (Phi) is 6.25.